The van der Waals surface area contributed by atoms with Gasteiger partial charge in [0.05, 0.1) is 17.6 Å². The Labute approximate surface area is 218 Å². The molecule has 0 amide bonds. The average Bonchev–Trinajstić information content (AvgIpc) is 3.56. The van der Waals surface area contributed by atoms with Crippen LogP contribution in [0.2, 0.25) is 0 Å². The van der Waals surface area contributed by atoms with Crippen molar-refractivity contribution in [2.75, 3.05) is 0 Å². The molecule has 1 aliphatic rings. The van der Waals surface area contributed by atoms with Gasteiger partial charge in [0.2, 0.25) is 0 Å². The maximum atomic E-state index is 13.3. The molecule has 1 N–H and O–H groups in total. The molecule has 0 saturated heterocycles. The summed E-state index contributed by atoms with van der Waals surface area (Å²) >= 11 is 0. The number of nitrogens with zero attached hydrogens (tertiary/aromatic N) is 5. The molecule has 0 bridgehead atoms. The molecule has 194 valence electrons. The van der Waals surface area contributed by atoms with Crippen molar-refractivity contribution in [3.05, 3.63) is 86.5 Å². The van der Waals surface area contributed by atoms with E-state index in [0.717, 1.165) is 53.5 Å². The SMILES string of the molecule is CCC[C@H](c1nnnn1C1CCCC1)N(Cc1ccc(C)cc1)Cc1cc2cc(C)cc(C)c2[nH]c1=O. The largest absolute Gasteiger partial charge is 0.321 e. The van der Waals surface area contributed by atoms with Crippen LogP contribution in [-0.2, 0) is 13.1 Å². The molecule has 2 heterocycles. The summed E-state index contributed by atoms with van der Waals surface area (Å²) in [7, 11) is 0. The van der Waals surface area contributed by atoms with Crippen molar-refractivity contribution >= 4 is 10.9 Å². The van der Waals surface area contributed by atoms with Gasteiger partial charge in [0.1, 0.15) is 0 Å². The van der Waals surface area contributed by atoms with E-state index in [2.05, 4.69) is 100 Å². The minimum absolute atomic E-state index is 0.0104. The number of H-pyrrole nitrogens is 1. The van der Waals surface area contributed by atoms with Crippen LogP contribution in [-0.4, -0.2) is 30.1 Å². The van der Waals surface area contributed by atoms with E-state index in [1.807, 2.05) is 0 Å². The van der Waals surface area contributed by atoms with Crippen LogP contribution in [0, 0.1) is 20.8 Å². The topological polar surface area (TPSA) is 79.7 Å². The Bertz CT molecular complexity index is 1410. The quantitative estimate of drug-likeness (QED) is 0.302. The fraction of sp³-hybridized carbons (Fsp3) is 0.467. The number of aryl methyl sites for hydroxylation is 3. The highest BCUT2D eigenvalue weighted by atomic mass is 16.1. The van der Waals surface area contributed by atoms with Gasteiger partial charge in [0.15, 0.2) is 5.82 Å². The van der Waals surface area contributed by atoms with Gasteiger partial charge in [-0.15, -0.1) is 5.10 Å². The van der Waals surface area contributed by atoms with Crippen LogP contribution in [0.15, 0.2) is 47.3 Å². The second-order valence-electron chi connectivity index (χ2n) is 10.8. The predicted molar refractivity (Wildman–Crippen MR) is 147 cm³/mol. The first-order valence-electron chi connectivity index (χ1n) is 13.6. The monoisotopic (exact) mass is 498 g/mol. The van der Waals surface area contributed by atoms with Crippen LogP contribution >= 0.6 is 0 Å². The third kappa shape index (κ3) is 5.52. The number of aromatic amines is 1. The van der Waals surface area contributed by atoms with Crippen molar-refractivity contribution in [3.63, 3.8) is 0 Å². The lowest BCUT2D eigenvalue weighted by Crippen LogP contribution is -2.33. The third-order valence-electron chi connectivity index (χ3n) is 7.74. The van der Waals surface area contributed by atoms with Crippen LogP contribution in [0.5, 0.6) is 0 Å². The van der Waals surface area contributed by atoms with Gasteiger partial charge in [-0.1, -0.05) is 67.6 Å². The summed E-state index contributed by atoms with van der Waals surface area (Å²) < 4.78 is 2.08. The van der Waals surface area contributed by atoms with E-state index >= 15 is 0 Å². The van der Waals surface area contributed by atoms with Crippen LogP contribution in [0.25, 0.3) is 10.9 Å². The van der Waals surface area contributed by atoms with E-state index in [1.165, 1.54) is 29.5 Å². The lowest BCUT2D eigenvalue weighted by Gasteiger charge is -2.31. The summed E-state index contributed by atoms with van der Waals surface area (Å²) in [6.07, 6.45) is 6.61. The predicted octanol–water partition coefficient (Wildman–Crippen LogP) is 6.10. The lowest BCUT2D eigenvalue weighted by molar-refractivity contribution is 0.153. The highest BCUT2D eigenvalue weighted by Crippen LogP contribution is 2.34. The Morgan fingerprint density at radius 1 is 1.03 bits per heavy atom. The van der Waals surface area contributed by atoms with Crippen molar-refractivity contribution in [1.29, 1.82) is 0 Å². The van der Waals surface area contributed by atoms with Crippen molar-refractivity contribution < 1.29 is 0 Å². The van der Waals surface area contributed by atoms with Crippen LogP contribution in [0.4, 0.5) is 0 Å². The molecule has 4 aromatic rings. The van der Waals surface area contributed by atoms with Gasteiger partial charge < -0.3 is 4.98 Å². The maximum absolute atomic E-state index is 13.3. The molecule has 0 aliphatic heterocycles. The Balaban J connectivity index is 1.56. The normalized spacial score (nSPS) is 15.2. The van der Waals surface area contributed by atoms with E-state index in [1.54, 1.807) is 0 Å². The minimum Gasteiger partial charge on any atom is -0.321 e. The maximum Gasteiger partial charge on any atom is 0.252 e. The zero-order valence-corrected chi connectivity index (χ0v) is 22.5. The fourth-order valence-electron chi connectivity index (χ4n) is 5.85. The highest BCUT2D eigenvalue weighted by molar-refractivity contribution is 5.82. The molecule has 0 unspecified atom stereocenters. The smallest absolute Gasteiger partial charge is 0.252 e. The number of fused-ring (bicyclic) bond motifs is 1. The van der Waals surface area contributed by atoms with Gasteiger partial charge >= 0.3 is 0 Å². The number of hydrogen-bond donors (Lipinski definition) is 1. The van der Waals surface area contributed by atoms with E-state index in [-0.39, 0.29) is 11.6 Å². The molecule has 7 heteroatoms. The van der Waals surface area contributed by atoms with E-state index in [0.29, 0.717) is 19.1 Å². The summed E-state index contributed by atoms with van der Waals surface area (Å²) in [5.74, 6) is 0.921. The molecule has 5 rings (SSSR count). The Morgan fingerprint density at radius 2 is 1.78 bits per heavy atom. The molecule has 1 aliphatic carbocycles. The van der Waals surface area contributed by atoms with Crippen molar-refractivity contribution in [1.82, 2.24) is 30.1 Å². The van der Waals surface area contributed by atoms with Gasteiger partial charge in [0, 0.05) is 18.7 Å². The van der Waals surface area contributed by atoms with E-state index in [9.17, 15) is 4.79 Å². The molecular formula is C30H38N6O. The molecule has 1 fully saturated rings. The molecule has 2 aromatic heterocycles. The van der Waals surface area contributed by atoms with E-state index < -0.39 is 0 Å². The van der Waals surface area contributed by atoms with Gasteiger partial charge in [-0.05, 0) is 79.1 Å². The van der Waals surface area contributed by atoms with Crippen molar-refractivity contribution in [2.45, 2.75) is 91.4 Å². The van der Waals surface area contributed by atoms with Gasteiger partial charge in [-0.3, -0.25) is 9.69 Å². The minimum atomic E-state index is -0.0287. The van der Waals surface area contributed by atoms with Crippen molar-refractivity contribution in [3.8, 4) is 0 Å². The first kappa shape index (κ1) is 25.3. The van der Waals surface area contributed by atoms with Crippen LogP contribution < -0.4 is 5.56 Å². The molecular weight excluding hydrogens is 460 g/mol. The fourth-order valence-corrected chi connectivity index (χ4v) is 5.85. The number of hydrogen-bond acceptors (Lipinski definition) is 5. The Kier molecular flexibility index (Phi) is 7.51. The van der Waals surface area contributed by atoms with Crippen molar-refractivity contribution in [2.24, 2.45) is 0 Å². The zero-order chi connectivity index (χ0) is 25.9. The number of rotatable bonds is 9. The number of pyridine rings is 1. The summed E-state index contributed by atoms with van der Waals surface area (Å²) in [5, 5.41) is 14.2. The van der Waals surface area contributed by atoms with Crippen LogP contribution in [0.3, 0.4) is 0 Å². The summed E-state index contributed by atoms with van der Waals surface area (Å²) in [4.78, 5) is 18.9. The first-order chi connectivity index (χ1) is 17.9. The molecule has 2 aromatic carbocycles. The second-order valence-corrected chi connectivity index (χ2v) is 10.8. The zero-order valence-electron chi connectivity index (χ0n) is 22.5. The molecule has 7 nitrogen and oxygen atoms in total. The standard InChI is InChI=1S/C30H38N6O/c1-5-8-27(29-32-33-34-36(29)26-9-6-7-10-26)35(18-23-13-11-20(2)12-14-23)19-25-17-24-16-21(3)15-22(4)28(24)31-30(25)37/h11-17,26-27H,5-10,18-19H2,1-4H3,(H,31,37)/t27-/m1/s1. The molecule has 1 saturated carbocycles. The van der Waals surface area contributed by atoms with Gasteiger partial charge in [0.25, 0.3) is 5.56 Å². The number of aromatic nitrogens is 5. The van der Waals surface area contributed by atoms with Gasteiger partial charge in [-0.25, -0.2) is 4.68 Å². The summed E-state index contributed by atoms with van der Waals surface area (Å²) in [5.41, 5.74) is 6.40. The molecule has 0 radical (unpaired) electrons. The highest BCUT2D eigenvalue weighted by Gasteiger charge is 2.30. The Morgan fingerprint density at radius 3 is 2.51 bits per heavy atom. The number of tetrazole rings is 1. The molecule has 1 atom stereocenters. The second kappa shape index (κ2) is 11.0. The first-order valence-corrected chi connectivity index (χ1v) is 13.6. The summed E-state index contributed by atoms with van der Waals surface area (Å²) in [6, 6.07) is 15.4. The molecule has 0 spiro atoms. The van der Waals surface area contributed by atoms with Crippen LogP contribution in [0.1, 0.15) is 91.2 Å². The lowest BCUT2D eigenvalue weighted by atomic mass is 10.0. The Hall–Kier alpha value is -3.32. The van der Waals surface area contributed by atoms with Gasteiger partial charge in [-0.2, -0.15) is 0 Å². The number of nitrogens with one attached hydrogen (secondary N) is 1. The summed E-state index contributed by atoms with van der Waals surface area (Å²) in [6.45, 7) is 9.70. The number of benzene rings is 2. The third-order valence-corrected chi connectivity index (χ3v) is 7.74. The average molecular weight is 499 g/mol. The molecule has 37 heavy (non-hydrogen) atoms. The van der Waals surface area contributed by atoms with E-state index in [4.69, 9.17) is 0 Å².